The molecule has 2 N–H and O–H groups in total. The Hall–Kier alpha value is -3.42. The number of carbonyl (C=O) groups is 1. The van der Waals surface area contributed by atoms with Crippen LogP contribution in [-0.4, -0.2) is 22.8 Å². The lowest BCUT2D eigenvalue weighted by Crippen LogP contribution is -2.19. The van der Waals surface area contributed by atoms with Gasteiger partial charge in [0.2, 0.25) is 0 Å². The van der Waals surface area contributed by atoms with E-state index in [0.717, 1.165) is 24.1 Å². The molecule has 32 heavy (non-hydrogen) atoms. The second kappa shape index (κ2) is 12.4. The van der Waals surface area contributed by atoms with Gasteiger partial charge in [-0.15, -0.1) is 0 Å². The summed E-state index contributed by atoms with van der Waals surface area (Å²) in [7, 11) is 0. The maximum Gasteiger partial charge on any atom is 0.416 e. The summed E-state index contributed by atoms with van der Waals surface area (Å²) in [6.07, 6.45) is 4.31. The van der Waals surface area contributed by atoms with Crippen molar-refractivity contribution in [3.8, 4) is 0 Å². The number of hydrogen-bond acceptors (Lipinski definition) is 4. The average molecular weight is 447 g/mol. The van der Waals surface area contributed by atoms with E-state index in [2.05, 4.69) is 16.7 Å². The van der Waals surface area contributed by atoms with E-state index in [-0.39, 0.29) is 5.57 Å². The minimum absolute atomic E-state index is 0.127. The molecule has 0 saturated carbocycles. The third-order valence-corrected chi connectivity index (χ3v) is 4.50. The minimum Gasteiger partial charge on any atom is -0.366 e. The van der Waals surface area contributed by atoms with Gasteiger partial charge in [0, 0.05) is 30.4 Å². The molecule has 8 heteroatoms. The third-order valence-electron chi connectivity index (χ3n) is 4.50. The summed E-state index contributed by atoms with van der Waals surface area (Å²) < 4.78 is 39.2. The number of halogens is 3. The zero-order chi connectivity index (χ0) is 24.3. The van der Waals surface area contributed by atoms with Crippen LogP contribution in [0.25, 0.3) is 0 Å². The molecule has 172 valence electrons. The van der Waals surface area contributed by atoms with Crippen LogP contribution in [0.1, 0.15) is 51.7 Å². The predicted molar refractivity (Wildman–Crippen MR) is 124 cm³/mol. The quantitative estimate of drug-likeness (QED) is 0.208. The third kappa shape index (κ3) is 8.02. The van der Waals surface area contributed by atoms with Crippen LogP contribution in [0.15, 0.2) is 82.3 Å². The van der Waals surface area contributed by atoms with E-state index in [1.807, 2.05) is 13.8 Å². The first-order valence-electron chi connectivity index (χ1n) is 10.1. The number of rotatable bonds is 10. The van der Waals surface area contributed by atoms with E-state index in [4.69, 9.17) is 5.73 Å². The van der Waals surface area contributed by atoms with Crippen LogP contribution in [0.5, 0.6) is 0 Å². The molecule has 0 fully saturated rings. The van der Waals surface area contributed by atoms with E-state index in [1.54, 1.807) is 32.2 Å². The monoisotopic (exact) mass is 446 g/mol. The number of nitrogens with zero attached hydrogens (tertiary/aromatic N) is 3. The molecule has 0 aliphatic rings. The van der Waals surface area contributed by atoms with Crippen LogP contribution in [0.3, 0.4) is 0 Å². The number of allylic oxidation sites excluding steroid dienone is 2. The Labute approximate surface area is 187 Å². The second-order valence-electron chi connectivity index (χ2n) is 6.80. The normalized spacial score (nSPS) is 14.1. The lowest BCUT2D eigenvalue weighted by Gasteiger charge is -2.15. The van der Waals surface area contributed by atoms with Crippen LogP contribution < -0.4 is 5.73 Å². The Bertz CT molecular complexity index is 970. The van der Waals surface area contributed by atoms with E-state index in [0.29, 0.717) is 23.3 Å². The summed E-state index contributed by atoms with van der Waals surface area (Å²) in [6, 6.07) is 4.91. The molecule has 1 aromatic carbocycles. The Morgan fingerprint density at radius 3 is 2.44 bits per heavy atom. The maximum atomic E-state index is 13.1. The number of hydrazone groups is 1. The van der Waals surface area contributed by atoms with E-state index < -0.39 is 17.6 Å². The van der Waals surface area contributed by atoms with Crippen LogP contribution in [0.4, 0.5) is 13.2 Å². The number of benzene rings is 1. The minimum atomic E-state index is -4.46. The number of primary amides is 1. The summed E-state index contributed by atoms with van der Waals surface area (Å²) in [6.45, 7) is 11.1. The van der Waals surface area contributed by atoms with Gasteiger partial charge >= 0.3 is 6.18 Å². The number of hydrogen-bond donors (Lipinski definition) is 1. The van der Waals surface area contributed by atoms with Crippen molar-refractivity contribution in [1.29, 1.82) is 0 Å². The summed E-state index contributed by atoms with van der Waals surface area (Å²) in [4.78, 5) is 16.3. The SMILES string of the molecule is C=CN(/C=C(C(N)=O)/C(=C/C)/C=N/C=C(\C)CC)/N=C(\CC)c1cccc(C(F)(F)F)c1. The number of nitrogens with two attached hydrogens (primary N) is 1. The van der Waals surface area contributed by atoms with Gasteiger partial charge in [0.1, 0.15) is 0 Å². The van der Waals surface area contributed by atoms with Crippen LogP contribution in [0, 0.1) is 0 Å². The molecule has 0 aromatic heterocycles. The van der Waals surface area contributed by atoms with Gasteiger partial charge in [-0.2, -0.15) is 18.3 Å². The van der Waals surface area contributed by atoms with Crippen molar-refractivity contribution in [3.05, 3.63) is 83.4 Å². The van der Waals surface area contributed by atoms with Gasteiger partial charge in [-0.3, -0.25) is 9.79 Å². The molecule has 0 atom stereocenters. The highest BCUT2D eigenvalue weighted by molar-refractivity contribution is 6.05. The fourth-order valence-corrected chi connectivity index (χ4v) is 2.52. The molecule has 0 spiro atoms. The second-order valence-corrected chi connectivity index (χ2v) is 6.80. The van der Waals surface area contributed by atoms with Crippen molar-refractivity contribution in [2.45, 2.75) is 46.7 Å². The van der Waals surface area contributed by atoms with Gasteiger partial charge in [0.05, 0.1) is 16.8 Å². The van der Waals surface area contributed by atoms with Crippen molar-refractivity contribution in [2.75, 3.05) is 0 Å². The average Bonchev–Trinajstić information content (AvgIpc) is 2.76. The Morgan fingerprint density at radius 1 is 1.25 bits per heavy atom. The van der Waals surface area contributed by atoms with Crippen molar-refractivity contribution < 1.29 is 18.0 Å². The van der Waals surface area contributed by atoms with E-state index in [1.165, 1.54) is 29.7 Å². The molecule has 1 aromatic rings. The summed E-state index contributed by atoms with van der Waals surface area (Å²) >= 11 is 0. The topological polar surface area (TPSA) is 71.0 Å². The van der Waals surface area contributed by atoms with Gasteiger partial charge < -0.3 is 5.73 Å². The summed E-state index contributed by atoms with van der Waals surface area (Å²) in [5.41, 5.74) is 7.15. The predicted octanol–water partition coefficient (Wildman–Crippen LogP) is 5.97. The Kier molecular flexibility index (Phi) is 10.3. The molecule has 1 amide bonds. The summed E-state index contributed by atoms with van der Waals surface area (Å²) in [5.74, 6) is -0.708. The number of alkyl halides is 3. The molecule has 0 radical (unpaired) electrons. The number of aliphatic imine (C=N–C) groups is 1. The molecule has 0 bridgehead atoms. The molecular weight excluding hydrogens is 417 g/mol. The van der Waals surface area contributed by atoms with Crippen molar-refractivity contribution in [2.24, 2.45) is 15.8 Å². The van der Waals surface area contributed by atoms with Crippen LogP contribution in [-0.2, 0) is 11.0 Å². The standard InChI is InChI=1S/C24H29F3N4O/c1-6-17(5)14-29-15-18(7-2)21(23(28)32)16-31(9-4)30-22(8-3)19-11-10-12-20(13-19)24(25,26)27/h7,9-16H,4,6,8H2,1-3,5H3,(H2,28,32)/b17-14+,18-7+,21-16-,29-15+,30-22+. The van der Waals surface area contributed by atoms with Crippen molar-refractivity contribution in [3.63, 3.8) is 0 Å². The molecule has 5 nitrogen and oxygen atoms in total. The largest absolute Gasteiger partial charge is 0.416 e. The van der Waals surface area contributed by atoms with Gasteiger partial charge in [0.15, 0.2) is 0 Å². The lowest BCUT2D eigenvalue weighted by molar-refractivity contribution is -0.137. The van der Waals surface area contributed by atoms with E-state index in [9.17, 15) is 18.0 Å². The molecule has 0 unspecified atom stereocenters. The lowest BCUT2D eigenvalue weighted by atomic mass is 10.0. The van der Waals surface area contributed by atoms with Gasteiger partial charge in [-0.1, -0.05) is 44.2 Å². The highest BCUT2D eigenvalue weighted by atomic mass is 19.4. The Morgan fingerprint density at radius 2 is 1.94 bits per heavy atom. The molecule has 0 saturated heterocycles. The smallest absolute Gasteiger partial charge is 0.366 e. The van der Waals surface area contributed by atoms with Crippen molar-refractivity contribution >= 4 is 17.8 Å². The van der Waals surface area contributed by atoms with Gasteiger partial charge in [-0.25, -0.2) is 5.01 Å². The van der Waals surface area contributed by atoms with E-state index >= 15 is 0 Å². The highest BCUT2D eigenvalue weighted by Gasteiger charge is 2.30. The van der Waals surface area contributed by atoms with Crippen molar-refractivity contribution in [1.82, 2.24) is 5.01 Å². The van der Waals surface area contributed by atoms with Gasteiger partial charge in [0.25, 0.3) is 5.91 Å². The fourth-order valence-electron chi connectivity index (χ4n) is 2.52. The first-order chi connectivity index (χ1) is 15.1. The fraction of sp³-hybridized carbons (Fsp3) is 0.292. The molecule has 0 heterocycles. The Balaban J connectivity index is 3.40. The first kappa shape index (κ1) is 26.6. The maximum absolute atomic E-state index is 13.1. The van der Waals surface area contributed by atoms with Crippen LogP contribution >= 0.6 is 0 Å². The molecular formula is C24H29F3N4O. The number of carbonyl (C=O) groups excluding carboxylic acids is 1. The molecule has 1 rings (SSSR count). The first-order valence-corrected chi connectivity index (χ1v) is 10.1. The zero-order valence-corrected chi connectivity index (χ0v) is 18.8. The van der Waals surface area contributed by atoms with Crippen LogP contribution in [0.2, 0.25) is 0 Å². The molecule has 0 aliphatic carbocycles. The number of amides is 1. The van der Waals surface area contributed by atoms with Gasteiger partial charge in [-0.05, 0) is 44.4 Å². The highest BCUT2D eigenvalue weighted by Crippen LogP contribution is 2.30. The molecule has 0 aliphatic heterocycles. The zero-order valence-electron chi connectivity index (χ0n) is 18.8. The summed E-state index contributed by atoms with van der Waals surface area (Å²) in [5, 5.41) is 5.62.